The van der Waals surface area contributed by atoms with Crippen molar-refractivity contribution in [3.05, 3.63) is 59.7 Å². The molecule has 0 unspecified atom stereocenters. The first-order valence-electron chi connectivity index (χ1n) is 10.3. The quantitative estimate of drug-likeness (QED) is 0.432. The van der Waals surface area contributed by atoms with Crippen molar-refractivity contribution in [2.45, 2.75) is 38.3 Å². The Morgan fingerprint density at radius 3 is 2.38 bits per heavy atom. The van der Waals surface area contributed by atoms with Crippen LogP contribution >= 0.6 is 11.8 Å². The Morgan fingerprint density at radius 1 is 1.06 bits per heavy atom. The fraction of sp³-hybridized carbons (Fsp3) is 0.333. The molecule has 0 atom stereocenters. The number of aromatic nitrogens is 3. The van der Waals surface area contributed by atoms with Crippen molar-refractivity contribution in [3.8, 4) is 17.1 Å². The van der Waals surface area contributed by atoms with Crippen molar-refractivity contribution in [1.29, 1.82) is 0 Å². The number of thioether (sulfide) groups is 1. The lowest BCUT2D eigenvalue weighted by atomic mass is 9.87. The maximum absolute atomic E-state index is 12.2. The number of benzene rings is 2. The molecule has 3 rings (SSSR count). The lowest BCUT2D eigenvalue weighted by Gasteiger charge is -2.19. The minimum atomic E-state index is -0.493. The van der Waals surface area contributed by atoms with Crippen molar-refractivity contribution >= 4 is 23.6 Å². The van der Waals surface area contributed by atoms with Crippen LogP contribution in [0.3, 0.4) is 0 Å². The average Bonchev–Trinajstić information content (AvgIpc) is 3.19. The molecule has 1 amide bonds. The Bertz CT molecular complexity index is 1100. The first-order valence-corrected chi connectivity index (χ1v) is 11.3. The molecule has 1 heterocycles. The molecule has 8 heteroatoms. The summed E-state index contributed by atoms with van der Waals surface area (Å²) in [5.74, 6) is 0.0321. The van der Waals surface area contributed by atoms with Gasteiger partial charge in [-0.3, -0.25) is 14.2 Å². The molecule has 7 nitrogen and oxygen atoms in total. The van der Waals surface area contributed by atoms with Gasteiger partial charge in [0, 0.05) is 5.56 Å². The second kappa shape index (κ2) is 9.99. The van der Waals surface area contributed by atoms with Crippen molar-refractivity contribution in [3.63, 3.8) is 0 Å². The number of amides is 1. The predicted octanol–water partition coefficient (Wildman–Crippen LogP) is 3.92. The number of rotatable bonds is 7. The molecule has 1 N–H and O–H groups in total. The number of esters is 1. The van der Waals surface area contributed by atoms with Gasteiger partial charge in [0.15, 0.2) is 11.0 Å². The number of carbonyl (C=O) groups is 2. The van der Waals surface area contributed by atoms with Gasteiger partial charge in [-0.05, 0) is 29.5 Å². The highest BCUT2D eigenvalue weighted by atomic mass is 32.2. The average molecular weight is 453 g/mol. The van der Waals surface area contributed by atoms with Crippen molar-refractivity contribution in [1.82, 2.24) is 20.1 Å². The van der Waals surface area contributed by atoms with E-state index in [1.807, 2.05) is 35.8 Å². The molecule has 0 bridgehead atoms. The molecule has 0 spiro atoms. The molecule has 0 aliphatic heterocycles. The summed E-state index contributed by atoms with van der Waals surface area (Å²) in [6, 6.07) is 16.3. The molecule has 168 valence electrons. The van der Waals surface area contributed by atoms with Crippen LogP contribution in [0, 0.1) is 6.92 Å². The summed E-state index contributed by atoms with van der Waals surface area (Å²) < 4.78 is 6.52. The number of nitrogens with zero attached hydrogens (tertiary/aromatic N) is 3. The Hall–Kier alpha value is -3.13. The van der Waals surface area contributed by atoms with Crippen LogP contribution in [0.15, 0.2) is 53.7 Å². The van der Waals surface area contributed by atoms with Crippen LogP contribution in [0.2, 0.25) is 0 Å². The lowest BCUT2D eigenvalue weighted by molar-refractivity contribution is -0.140. The molecule has 3 aromatic rings. The molecule has 32 heavy (non-hydrogen) atoms. The molecule has 0 aliphatic carbocycles. The Kier molecular flexibility index (Phi) is 7.35. The van der Waals surface area contributed by atoms with Gasteiger partial charge >= 0.3 is 5.97 Å². The number of methoxy groups -OCH3 is 1. The molecule has 1 aromatic heterocycles. The molecule has 0 aliphatic rings. The third-order valence-electron chi connectivity index (χ3n) is 4.99. The van der Waals surface area contributed by atoms with Crippen LogP contribution in [0.1, 0.15) is 31.9 Å². The standard InChI is InChI=1S/C24H28N4O3S/c1-16-8-6-7-9-19(16)28-22(17-10-12-18(13-11-17)24(2,3)4)26-27-23(28)32-15-20(29)25-14-21(30)31-5/h6-13H,14-15H2,1-5H3,(H,25,29). The van der Waals surface area contributed by atoms with Crippen LogP contribution in [0.25, 0.3) is 17.1 Å². The molecular formula is C24H28N4O3S. The summed E-state index contributed by atoms with van der Waals surface area (Å²) in [5.41, 5.74) is 4.25. The Labute approximate surface area is 192 Å². The van der Waals surface area contributed by atoms with Gasteiger partial charge in [-0.15, -0.1) is 10.2 Å². The van der Waals surface area contributed by atoms with Gasteiger partial charge in [0.1, 0.15) is 6.54 Å². The Balaban J connectivity index is 1.92. The fourth-order valence-corrected chi connectivity index (χ4v) is 3.90. The second-order valence-corrected chi connectivity index (χ2v) is 9.34. The topological polar surface area (TPSA) is 86.1 Å². The summed E-state index contributed by atoms with van der Waals surface area (Å²) in [7, 11) is 1.28. The maximum Gasteiger partial charge on any atom is 0.325 e. The monoisotopic (exact) mass is 452 g/mol. The molecule has 2 aromatic carbocycles. The largest absolute Gasteiger partial charge is 0.468 e. The Morgan fingerprint density at radius 2 is 1.75 bits per heavy atom. The highest BCUT2D eigenvalue weighted by Gasteiger charge is 2.20. The minimum absolute atomic E-state index is 0.0563. The highest BCUT2D eigenvalue weighted by Crippen LogP contribution is 2.31. The van der Waals surface area contributed by atoms with Crippen LogP contribution in [0.5, 0.6) is 0 Å². The maximum atomic E-state index is 12.2. The third kappa shape index (κ3) is 5.56. The zero-order chi connectivity index (χ0) is 23.3. The van der Waals surface area contributed by atoms with Gasteiger partial charge in [0.25, 0.3) is 0 Å². The smallest absolute Gasteiger partial charge is 0.325 e. The van der Waals surface area contributed by atoms with Gasteiger partial charge in [0.2, 0.25) is 5.91 Å². The van der Waals surface area contributed by atoms with Crippen LogP contribution in [0.4, 0.5) is 0 Å². The first kappa shape index (κ1) is 23.5. The van der Waals surface area contributed by atoms with E-state index in [0.29, 0.717) is 11.0 Å². The van der Waals surface area contributed by atoms with E-state index in [-0.39, 0.29) is 23.6 Å². The van der Waals surface area contributed by atoms with Crippen LogP contribution in [-0.4, -0.2) is 46.0 Å². The van der Waals surface area contributed by atoms with E-state index in [2.05, 4.69) is 65.3 Å². The number of ether oxygens (including phenoxy) is 1. The van der Waals surface area contributed by atoms with Gasteiger partial charge in [-0.25, -0.2) is 0 Å². The summed E-state index contributed by atoms with van der Waals surface area (Å²) in [6.07, 6.45) is 0. The summed E-state index contributed by atoms with van der Waals surface area (Å²) in [5, 5.41) is 12.0. The van der Waals surface area contributed by atoms with E-state index >= 15 is 0 Å². The SMILES string of the molecule is COC(=O)CNC(=O)CSc1nnc(-c2ccc(C(C)(C)C)cc2)n1-c1ccccc1C. The van der Waals surface area contributed by atoms with E-state index in [0.717, 1.165) is 16.8 Å². The number of nitrogens with one attached hydrogen (secondary N) is 1. The van der Waals surface area contributed by atoms with Crippen molar-refractivity contribution < 1.29 is 14.3 Å². The van der Waals surface area contributed by atoms with Crippen molar-refractivity contribution in [2.75, 3.05) is 19.4 Å². The molecular weight excluding hydrogens is 424 g/mol. The van der Waals surface area contributed by atoms with E-state index in [9.17, 15) is 9.59 Å². The van der Waals surface area contributed by atoms with Gasteiger partial charge in [0.05, 0.1) is 18.6 Å². The minimum Gasteiger partial charge on any atom is -0.468 e. The number of carbonyl (C=O) groups excluding carboxylic acids is 2. The molecule has 0 fully saturated rings. The molecule has 0 saturated heterocycles. The summed E-state index contributed by atoms with van der Waals surface area (Å²) >= 11 is 1.27. The number of aryl methyl sites for hydroxylation is 1. The number of hydrogen-bond acceptors (Lipinski definition) is 6. The second-order valence-electron chi connectivity index (χ2n) is 8.40. The predicted molar refractivity (Wildman–Crippen MR) is 126 cm³/mol. The van der Waals surface area contributed by atoms with E-state index in [4.69, 9.17) is 0 Å². The van der Waals surface area contributed by atoms with E-state index < -0.39 is 5.97 Å². The highest BCUT2D eigenvalue weighted by molar-refractivity contribution is 7.99. The zero-order valence-corrected chi connectivity index (χ0v) is 19.8. The first-order chi connectivity index (χ1) is 15.2. The fourth-order valence-electron chi connectivity index (χ4n) is 3.13. The van der Waals surface area contributed by atoms with Crippen LogP contribution in [-0.2, 0) is 19.7 Å². The van der Waals surface area contributed by atoms with Gasteiger partial charge < -0.3 is 10.1 Å². The van der Waals surface area contributed by atoms with Gasteiger partial charge in [-0.1, -0.05) is 75.0 Å². The number of para-hydroxylation sites is 1. The zero-order valence-electron chi connectivity index (χ0n) is 19.0. The lowest BCUT2D eigenvalue weighted by Crippen LogP contribution is -2.31. The van der Waals surface area contributed by atoms with Crippen LogP contribution < -0.4 is 5.32 Å². The summed E-state index contributed by atoms with van der Waals surface area (Å²) in [6.45, 7) is 8.40. The third-order valence-corrected chi connectivity index (χ3v) is 5.92. The summed E-state index contributed by atoms with van der Waals surface area (Å²) in [4.78, 5) is 23.4. The van der Waals surface area contributed by atoms with Gasteiger partial charge in [-0.2, -0.15) is 0 Å². The van der Waals surface area contributed by atoms with Crippen molar-refractivity contribution in [2.24, 2.45) is 0 Å². The normalized spacial score (nSPS) is 11.3. The van der Waals surface area contributed by atoms with E-state index in [1.54, 1.807) is 0 Å². The molecule has 0 radical (unpaired) electrons. The van der Waals surface area contributed by atoms with E-state index in [1.165, 1.54) is 24.4 Å². The molecule has 0 saturated carbocycles. The number of hydrogen-bond donors (Lipinski definition) is 1.